The molecule has 0 fully saturated rings. The topological polar surface area (TPSA) is 40.5 Å². The molecule has 1 N–H and O–H groups in total. The predicted molar refractivity (Wildman–Crippen MR) is 34.9 cm³/mol. The second kappa shape index (κ2) is 4.47. The summed E-state index contributed by atoms with van der Waals surface area (Å²) in [6, 6.07) is 0. The van der Waals surface area contributed by atoms with Crippen LogP contribution in [0, 0.1) is 0 Å². The molecule has 0 amide bonds. The van der Waals surface area contributed by atoms with Gasteiger partial charge < -0.3 is 10.0 Å². The third-order valence-corrected chi connectivity index (χ3v) is 0.895. The van der Waals surface area contributed by atoms with Gasteiger partial charge in [-0.15, -0.1) is 0 Å². The minimum Gasteiger partial charge on any atom is -0.391 e. The van der Waals surface area contributed by atoms with E-state index >= 15 is 0 Å². The van der Waals surface area contributed by atoms with Crippen molar-refractivity contribution >= 4 is 6.29 Å². The molecule has 0 saturated heterocycles. The molecule has 0 aliphatic carbocycles. The van der Waals surface area contributed by atoms with Gasteiger partial charge in [0.25, 0.3) is 0 Å². The van der Waals surface area contributed by atoms with Crippen molar-refractivity contribution in [3.8, 4) is 0 Å². The number of nitrogens with zero attached hydrogens (tertiary/aromatic N) is 1. The van der Waals surface area contributed by atoms with Gasteiger partial charge in [0.05, 0.1) is 6.10 Å². The van der Waals surface area contributed by atoms with Crippen LogP contribution in [0.5, 0.6) is 0 Å². The van der Waals surface area contributed by atoms with E-state index in [1.165, 1.54) is 0 Å². The molecular formula is C6H12NO2. The Labute approximate surface area is 55.3 Å². The summed E-state index contributed by atoms with van der Waals surface area (Å²) in [4.78, 5) is 11.5. The Hall–Kier alpha value is -0.410. The van der Waals surface area contributed by atoms with Gasteiger partial charge >= 0.3 is 0 Å². The number of hydrogen-bond acceptors (Lipinski definition) is 3. The fourth-order valence-electron chi connectivity index (χ4n) is 0.582. The van der Waals surface area contributed by atoms with E-state index in [-0.39, 0.29) is 6.42 Å². The van der Waals surface area contributed by atoms with E-state index in [0.29, 0.717) is 6.54 Å². The van der Waals surface area contributed by atoms with Gasteiger partial charge in [0.15, 0.2) is 0 Å². The number of aliphatic hydroxyl groups excluding tert-OH is 1. The molecule has 0 aromatic carbocycles. The molecule has 1 unspecified atom stereocenters. The predicted octanol–water partition coefficient (Wildman–Crippen LogP) is -0.591. The first-order valence-corrected chi connectivity index (χ1v) is 2.84. The van der Waals surface area contributed by atoms with Gasteiger partial charge in [-0.1, -0.05) is 0 Å². The smallest absolute Gasteiger partial charge is 0.201 e. The molecule has 3 heteroatoms. The Morgan fingerprint density at radius 2 is 2.22 bits per heavy atom. The van der Waals surface area contributed by atoms with E-state index in [9.17, 15) is 4.79 Å². The lowest BCUT2D eigenvalue weighted by atomic mass is 10.3. The monoisotopic (exact) mass is 130 g/mol. The molecule has 53 valence electrons. The van der Waals surface area contributed by atoms with Crippen molar-refractivity contribution in [2.45, 2.75) is 12.5 Å². The molecule has 0 aromatic rings. The van der Waals surface area contributed by atoms with Crippen LogP contribution in [0.15, 0.2) is 0 Å². The molecule has 0 heterocycles. The SMILES string of the molecule is CN(C)CC(O)C[C]=O. The van der Waals surface area contributed by atoms with Crippen LogP contribution in [0.1, 0.15) is 6.42 Å². The van der Waals surface area contributed by atoms with Crippen LogP contribution in [-0.4, -0.2) is 43.0 Å². The molecule has 0 saturated carbocycles. The van der Waals surface area contributed by atoms with E-state index in [0.717, 1.165) is 0 Å². The van der Waals surface area contributed by atoms with Gasteiger partial charge in [0.2, 0.25) is 6.29 Å². The summed E-state index contributed by atoms with van der Waals surface area (Å²) in [6.07, 6.45) is 1.20. The molecule has 0 bridgehead atoms. The van der Waals surface area contributed by atoms with Crippen molar-refractivity contribution < 1.29 is 9.90 Å². The Morgan fingerprint density at radius 3 is 2.56 bits per heavy atom. The van der Waals surface area contributed by atoms with E-state index in [4.69, 9.17) is 5.11 Å². The Bertz CT molecular complexity index is 83.1. The largest absolute Gasteiger partial charge is 0.391 e. The van der Waals surface area contributed by atoms with Gasteiger partial charge in [-0.05, 0) is 14.1 Å². The van der Waals surface area contributed by atoms with Crippen molar-refractivity contribution in [1.29, 1.82) is 0 Å². The van der Waals surface area contributed by atoms with Crippen molar-refractivity contribution in [2.75, 3.05) is 20.6 Å². The summed E-state index contributed by atoms with van der Waals surface area (Å²) in [6.45, 7) is 0.523. The average Bonchev–Trinajstić information content (AvgIpc) is 1.63. The van der Waals surface area contributed by atoms with E-state index < -0.39 is 6.10 Å². The lowest BCUT2D eigenvalue weighted by Crippen LogP contribution is -2.25. The van der Waals surface area contributed by atoms with Crippen LogP contribution < -0.4 is 0 Å². The summed E-state index contributed by atoms with van der Waals surface area (Å²) in [5, 5.41) is 8.92. The summed E-state index contributed by atoms with van der Waals surface area (Å²) in [7, 11) is 3.68. The lowest BCUT2D eigenvalue weighted by molar-refractivity contribution is 0.142. The van der Waals surface area contributed by atoms with E-state index in [1.54, 1.807) is 6.29 Å². The van der Waals surface area contributed by atoms with Gasteiger partial charge in [0, 0.05) is 13.0 Å². The van der Waals surface area contributed by atoms with Crippen LogP contribution in [0.2, 0.25) is 0 Å². The maximum atomic E-state index is 9.69. The molecule has 3 nitrogen and oxygen atoms in total. The first-order chi connectivity index (χ1) is 4.16. The Morgan fingerprint density at radius 1 is 1.67 bits per heavy atom. The lowest BCUT2D eigenvalue weighted by Gasteiger charge is -2.12. The number of likely N-dealkylation sites (N-methyl/N-ethyl adjacent to an activating group) is 1. The molecule has 0 rings (SSSR count). The first kappa shape index (κ1) is 8.59. The average molecular weight is 130 g/mol. The van der Waals surface area contributed by atoms with Crippen molar-refractivity contribution in [2.24, 2.45) is 0 Å². The molecule has 0 aliphatic rings. The fourth-order valence-corrected chi connectivity index (χ4v) is 0.582. The first-order valence-electron chi connectivity index (χ1n) is 2.84. The summed E-state index contributed by atoms with van der Waals surface area (Å²) >= 11 is 0. The van der Waals surface area contributed by atoms with Crippen molar-refractivity contribution in [3.05, 3.63) is 0 Å². The highest BCUT2D eigenvalue weighted by molar-refractivity contribution is 5.51. The standard InChI is InChI=1S/C6H12NO2/c1-7(2)5-6(9)3-4-8/h6,9H,3,5H2,1-2H3. The number of aliphatic hydroxyl groups is 1. The minimum absolute atomic E-state index is 0.109. The van der Waals surface area contributed by atoms with Crippen LogP contribution >= 0.6 is 0 Å². The normalized spacial score (nSPS) is 13.8. The zero-order valence-electron chi connectivity index (χ0n) is 5.79. The van der Waals surface area contributed by atoms with Gasteiger partial charge in [0.1, 0.15) is 0 Å². The minimum atomic E-state index is -0.558. The summed E-state index contributed by atoms with van der Waals surface area (Å²) < 4.78 is 0. The molecule has 9 heavy (non-hydrogen) atoms. The Kier molecular flexibility index (Phi) is 4.26. The molecule has 0 aromatic heterocycles. The zero-order chi connectivity index (χ0) is 7.28. The van der Waals surface area contributed by atoms with Gasteiger partial charge in [-0.25, -0.2) is 0 Å². The maximum Gasteiger partial charge on any atom is 0.201 e. The number of hydrogen-bond donors (Lipinski definition) is 1. The fraction of sp³-hybridized carbons (Fsp3) is 0.833. The summed E-state index contributed by atoms with van der Waals surface area (Å²) in [5.41, 5.74) is 0. The maximum absolute atomic E-state index is 9.69. The van der Waals surface area contributed by atoms with Crippen molar-refractivity contribution in [3.63, 3.8) is 0 Å². The molecular weight excluding hydrogens is 118 g/mol. The van der Waals surface area contributed by atoms with Crippen molar-refractivity contribution in [1.82, 2.24) is 4.90 Å². The van der Waals surface area contributed by atoms with Crippen LogP contribution in [0.4, 0.5) is 0 Å². The third-order valence-electron chi connectivity index (χ3n) is 0.895. The highest BCUT2D eigenvalue weighted by Crippen LogP contribution is 1.88. The van der Waals surface area contributed by atoms with Gasteiger partial charge in [-0.2, -0.15) is 0 Å². The quantitative estimate of drug-likeness (QED) is 0.553. The van der Waals surface area contributed by atoms with Crippen LogP contribution in [0.25, 0.3) is 0 Å². The Balaban J connectivity index is 3.25. The second-order valence-corrected chi connectivity index (χ2v) is 2.26. The van der Waals surface area contributed by atoms with E-state index in [2.05, 4.69) is 0 Å². The molecule has 0 aliphatic heterocycles. The van der Waals surface area contributed by atoms with E-state index in [1.807, 2.05) is 19.0 Å². The van der Waals surface area contributed by atoms with Crippen LogP contribution in [0.3, 0.4) is 0 Å². The molecule has 1 atom stereocenters. The molecule has 1 radical (unpaired) electrons. The highest BCUT2D eigenvalue weighted by atomic mass is 16.3. The highest BCUT2D eigenvalue weighted by Gasteiger charge is 2.03. The molecule has 0 spiro atoms. The summed E-state index contributed by atoms with van der Waals surface area (Å²) in [5.74, 6) is 0. The number of carbonyl (C=O) groups excluding carboxylic acids is 1. The van der Waals surface area contributed by atoms with Crippen LogP contribution in [-0.2, 0) is 4.79 Å². The van der Waals surface area contributed by atoms with Gasteiger partial charge in [-0.3, -0.25) is 4.79 Å². The zero-order valence-corrected chi connectivity index (χ0v) is 5.79. The third kappa shape index (κ3) is 5.46. The number of rotatable bonds is 4. The second-order valence-electron chi connectivity index (χ2n) is 2.26.